The van der Waals surface area contributed by atoms with Crippen LogP contribution in [0.4, 0.5) is 4.79 Å². The van der Waals surface area contributed by atoms with Crippen LogP contribution in [-0.4, -0.2) is 36.0 Å². The lowest BCUT2D eigenvalue weighted by Gasteiger charge is -2.44. The summed E-state index contributed by atoms with van der Waals surface area (Å²) in [5.41, 5.74) is 4.75. The van der Waals surface area contributed by atoms with Crippen LogP contribution in [0.5, 0.6) is 0 Å². The Hall–Kier alpha value is -0.810. The van der Waals surface area contributed by atoms with Gasteiger partial charge in [0.25, 0.3) is 0 Å². The summed E-state index contributed by atoms with van der Waals surface area (Å²) in [6.07, 6.45) is 1.23. The lowest BCUT2D eigenvalue weighted by Crippen LogP contribution is -2.62. The number of carbonyl (C=O) groups is 1. The summed E-state index contributed by atoms with van der Waals surface area (Å²) in [6, 6.07) is 0. The highest BCUT2D eigenvalue weighted by molar-refractivity contribution is 5.69. The molecule has 3 aliphatic rings. The number of amides is 1. The highest BCUT2D eigenvalue weighted by atomic mass is 16.6. The molecule has 92 valence electrons. The number of rotatable bonds is 2. The first-order valence-corrected chi connectivity index (χ1v) is 5.63. The zero-order valence-electron chi connectivity index (χ0n) is 10.1. The minimum atomic E-state index is -0.463. The summed E-state index contributed by atoms with van der Waals surface area (Å²) in [6.45, 7) is 6.61. The summed E-state index contributed by atoms with van der Waals surface area (Å²) in [4.78, 5) is 11.6. The van der Waals surface area contributed by atoms with Gasteiger partial charge < -0.3 is 20.5 Å². The van der Waals surface area contributed by atoms with E-state index in [4.69, 9.17) is 15.2 Å². The maximum atomic E-state index is 11.6. The number of fused-ring (bicyclic) bond motifs is 1. The van der Waals surface area contributed by atoms with E-state index in [2.05, 4.69) is 5.32 Å². The van der Waals surface area contributed by atoms with Gasteiger partial charge in [0.05, 0.1) is 17.7 Å². The molecule has 3 rings (SSSR count). The van der Waals surface area contributed by atoms with Crippen LogP contribution in [0.2, 0.25) is 0 Å². The van der Waals surface area contributed by atoms with Crippen molar-refractivity contribution in [3.8, 4) is 0 Å². The molecule has 0 aromatic heterocycles. The fourth-order valence-electron chi connectivity index (χ4n) is 2.52. The Morgan fingerprint density at radius 1 is 1.50 bits per heavy atom. The molecule has 0 unspecified atom stereocenters. The molecule has 1 saturated carbocycles. The van der Waals surface area contributed by atoms with Crippen molar-refractivity contribution in [3.63, 3.8) is 0 Å². The van der Waals surface area contributed by atoms with Gasteiger partial charge in [0.2, 0.25) is 0 Å². The molecule has 5 heteroatoms. The molecular weight excluding hydrogens is 208 g/mol. The Bertz CT molecular complexity index is 303. The molecule has 0 aromatic carbocycles. The van der Waals surface area contributed by atoms with Crippen LogP contribution in [-0.2, 0) is 9.47 Å². The standard InChI is InChI=1S/C11H20N2O3/c1-9(2,3)16-8(14)13-10-4-11(5-10,6-12)15-7-10/h4-7,12H2,1-3H3,(H,13,14). The second-order valence-electron chi connectivity index (χ2n) is 5.94. The summed E-state index contributed by atoms with van der Waals surface area (Å²) >= 11 is 0. The van der Waals surface area contributed by atoms with Gasteiger partial charge in [-0.2, -0.15) is 0 Å². The third kappa shape index (κ3) is 2.01. The van der Waals surface area contributed by atoms with E-state index in [0.29, 0.717) is 13.2 Å². The van der Waals surface area contributed by atoms with Crippen LogP contribution in [0.3, 0.4) is 0 Å². The van der Waals surface area contributed by atoms with Crippen LogP contribution in [0.1, 0.15) is 33.6 Å². The fourth-order valence-corrected chi connectivity index (χ4v) is 2.52. The van der Waals surface area contributed by atoms with E-state index in [1.807, 2.05) is 20.8 Å². The third-order valence-corrected chi connectivity index (χ3v) is 3.11. The van der Waals surface area contributed by atoms with Gasteiger partial charge in [-0.1, -0.05) is 0 Å². The van der Waals surface area contributed by atoms with Gasteiger partial charge in [-0.15, -0.1) is 0 Å². The van der Waals surface area contributed by atoms with E-state index in [0.717, 1.165) is 12.8 Å². The van der Waals surface area contributed by atoms with Gasteiger partial charge in [0.15, 0.2) is 0 Å². The molecule has 2 heterocycles. The van der Waals surface area contributed by atoms with Crippen LogP contribution in [0.15, 0.2) is 0 Å². The van der Waals surface area contributed by atoms with Gasteiger partial charge >= 0.3 is 6.09 Å². The summed E-state index contributed by atoms with van der Waals surface area (Å²) in [5, 5.41) is 2.90. The monoisotopic (exact) mass is 228 g/mol. The molecule has 0 aromatic rings. The Balaban J connectivity index is 1.87. The van der Waals surface area contributed by atoms with E-state index >= 15 is 0 Å². The Labute approximate surface area is 95.7 Å². The second kappa shape index (κ2) is 3.34. The number of alkyl carbamates (subject to hydrolysis) is 1. The molecule has 0 radical (unpaired) electrons. The van der Waals surface area contributed by atoms with Gasteiger partial charge in [0.1, 0.15) is 5.60 Å². The van der Waals surface area contributed by atoms with E-state index in [1.165, 1.54) is 0 Å². The first-order valence-electron chi connectivity index (χ1n) is 5.63. The quantitative estimate of drug-likeness (QED) is 0.732. The Morgan fingerprint density at radius 2 is 2.12 bits per heavy atom. The molecule has 5 nitrogen and oxygen atoms in total. The Morgan fingerprint density at radius 3 is 2.56 bits per heavy atom. The molecule has 2 aliphatic heterocycles. The van der Waals surface area contributed by atoms with Gasteiger partial charge in [0, 0.05) is 19.4 Å². The predicted octanol–water partition coefficient (Wildman–Crippen LogP) is 0.771. The van der Waals surface area contributed by atoms with Crippen molar-refractivity contribution in [2.24, 2.45) is 5.73 Å². The van der Waals surface area contributed by atoms with E-state index < -0.39 is 5.60 Å². The number of ether oxygens (including phenoxy) is 2. The van der Waals surface area contributed by atoms with Crippen LogP contribution >= 0.6 is 0 Å². The molecule has 0 atom stereocenters. The van der Waals surface area contributed by atoms with Crippen molar-refractivity contribution in [2.75, 3.05) is 13.2 Å². The van der Waals surface area contributed by atoms with Crippen molar-refractivity contribution in [1.82, 2.24) is 5.32 Å². The largest absolute Gasteiger partial charge is 0.444 e. The van der Waals surface area contributed by atoms with E-state index in [1.54, 1.807) is 0 Å². The van der Waals surface area contributed by atoms with E-state index in [-0.39, 0.29) is 17.2 Å². The maximum Gasteiger partial charge on any atom is 0.408 e. The minimum absolute atomic E-state index is 0.186. The molecule has 3 fully saturated rings. The molecule has 1 amide bonds. The summed E-state index contributed by atoms with van der Waals surface area (Å²) < 4.78 is 10.8. The number of nitrogens with two attached hydrogens (primary N) is 1. The zero-order chi connectivity index (χ0) is 12.0. The van der Waals surface area contributed by atoms with E-state index in [9.17, 15) is 4.79 Å². The molecule has 16 heavy (non-hydrogen) atoms. The molecular formula is C11H20N2O3. The SMILES string of the molecule is CC(C)(C)OC(=O)NC12COC(CN)(C1)C2. The Kier molecular flexibility index (Phi) is 2.44. The highest BCUT2D eigenvalue weighted by Crippen LogP contribution is 2.50. The number of hydrogen-bond donors (Lipinski definition) is 2. The van der Waals surface area contributed by atoms with Crippen LogP contribution < -0.4 is 11.1 Å². The smallest absolute Gasteiger partial charge is 0.408 e. The first kappa shape index (κ1) is 11.7. The second-order valence-corrected chi connectivity index (χ2v) is 5.94. The van der Waals surface area contributed by atoms with Crippen LogP contribution in [0.25, 0.3) is 0 Å². The highest BCUT2D eigenvalue weighted by Gasteiger charge is 2.62. The summed E-state index contributed by atoms with van der Waals surface area (Å²) in [5.74, 6) is 0. The molecule has 0 spiro atoms. The molecule has 3 N–H and O–H groups in total. The molecule has 2 saturated heterocycles. The van der Waals surface area contributed by atoms with Gasteiger partial charge in [-0.3, -0.25) is 0 Å². The number of nitrogens with one attached hydrogen (secondary N) is 1. The zero-order valence-corrected chi connectivity index (χ0v) is 10.1. The third-order valence-electron chi connectivity index (χ3n) is 3.11. The average Bonchev–Trinajstić information content (AvgIpc) is 2.55. The fraction of sp³-hybridized carbons (Fsp3) is 0.909. The minimum Gasteiger partial charge on any atom is -0.444 e. The van der Waals surface area contributed by atoms with Crippen molar-refractivity contribution in [3.05, 3.63) is 0 Å². The van der Waals surface area contributed by atoms with Gasteiger partial charge in [-0.25, -0.2) is 4.79 Å². The van der Waals surface area contributed by atoms with Crippen molar-refractivity contribution < 1.29 is 14.3 Å². The van der Waals surface area contributed by atoms with Crippen molar-refractivity contribution >= 4 is 6.09 Å². The van der Waals surface area contributed by atoms with Gasteiger partial charge in [-0.05, 0) is 20.8 Å². The average molecular weight is 228 g/mol. The number of hydrogen-bond acceptors (Lipinski definition) is 4. The van der Waals surface area contributed by atoms with Crippen molar-refractivity contribution in [2.45, 2.75) is 50.4 Å². The lowest BCUT2D eigenvalue weighted by atomic mass is 9.68. The normalized spacial score (nSPS) is 36.8. The summed E-state index contributed by atoms with van der Waals surface area (Å²) in [7, 11) is 0. The first-order chi connectivity index (χ1) is 7.28. The molecule has 2 bridgehead atoms. The van der Waals surface area contributed by atoms with Crippen LogP contribution in [0, 0.1) is 0 Å². The predicted molar refractivity (Wildman–Crippen MR) is 59.1 cm³/mol. The maximum absolute atomic E-state index is 11.6. The van der Waals surface area contributed by atoms with Crippen molar-refractivity contribution in [1.29, 1.82) is 0 Å². The molecule has 1 aliphatic carbocycles. The lowest BCUT2D eigenvalue weighted by molar-refractivity contribution is -0.000860. The topological polar surface area (TPSA) is 73.6 Å². The number of carbonyl (C=O) groups excluding carboxylic acids is 1.